The average Bonchev–Trinajstić information content (AvgIpc) is 2.64. The minimum absolute atomic E-state index is 0.272. The van der Waals surface area contributed by atoms with Crippen molar-refractivity contribution in [1.82, 2.24) is 9.97 Å². The van der Waals surface area contributed by atoms with E-state index < -0.39 is 0 Å². The second-order valence-electron chi connectivity index (χ2n) is 7.55. The summed E-state index contributed by atoms with van der Waals surface area (Å²) < 4.78 is 0. The number of rotatable bonds is 6. The van der Waals surface area contributed by atoms with Crippen molar-refractivity contribution in [3.63, 3.8) is 0 Å². The van der Waals surface area contributed by atoms with Crippen LogP contribution in [0.5, 0.6) is 0 Å². The molecule has 1 unspecified atom stereocenters. The van der Waals surface area contributed by atoms with Crippen LogP contribution in [0.3, 0.4) is 0 Å². The van der Waals surface area contributed by atoms with Gasteiger partial charge in [-0.05, 0) is 50.4 Å². The van der Waals surface area contributed by atoms with Crippen LogP contribution >= 0.6 is 0 Å². The molecule has 0 aromatic carbocycles. The number of nitrogens with one attached hydrogen (secondary N) is 1. The van der Waals surface area contributed by atoms with Gasteiger partial charge in [-0.25, -0.2) is 9.97 Å². The molecule has 0 spiro atoms. The lowest BCUT2D eigenvalue weighted by atomic mass is 9.83. The molecule has 2 N–H and O–H groups in total. The van der Waals surface area contributed by atoms with E-state index >= 15 is 0 Å². The third-order valence-corrected chi connectivity index (χ3v) is 5.65. The SMILES string of the molecule is CCCC1CCC(Nc2cc(N3CCCC(CO)C3)ncn2)CC1. The van der Waals surface area contributed by atoms with Gasteiger partial charge in [0.1, 0.15) is 18.0 Å². The Labute approximate surface area is 145 Å². The Morgan fingerprint density at radius 2 is 2.00 bits per heavy atom. The van der Waals surface area contributed by atoms with Crippen molar-refractivity contribution >= 4 is 11.6 Å². The summed E-state index contributed by atoms with van der Waals surface area (Å²) in [7, 11) is 0. The van der Waals surface area contributed by atoms with Crippen LogP contribution in [0.2, 0.25) is 0 Å². The number of aromatic nitrogens is 2. The van der Waals surface area contributed by atoms with Crippen molar-refractivity contribution in [2.24, 2.45) is 11.8 Å². The van der Waals surface area contributed by atoms with Crippen LogP contribution in [-0.4, -0.2) is 40.8 Å². The molecule has 1 aliphatic heterocycles. The molecule has 1 aliphatic carbocycles. The van der Waals surface area contributed by atoms with Gasteiger partial charge in [0.25, 0.3) is 0 Å². The number of anilines is 2. The molecule has 134 valence electrons. The van der Waals surface area contributed by atoms with Gasteiger partial charge in [-0.15, -0.1) is 0 Å². The zero-order valence-corrected chi connectivity index (χ0v) is 15.0. The maximum absolute atomic E-state index is 9.41. The maximum atomic E-state index is 9.41. The van der Waals surface area contributed by atoms with E-state index in [1.54, 1.807) is 6.33 Å². The van der Waals surface area contributed by atoms with E-state index in [1.807, 2.05) is 0 Å². The fraction of sp³-hybridized carbons (Fsp3) is 0.789. The van der Waals surface area contributed by atoms with Crippen molar-refractivity contribution in [1.29, 1.82) is 0 Å². The quantitative estimate of drug-likeness (QED) is 0.835. The first-order valence-corrected chi connectivity index (χ1v) is 9.73. The topological polar surface area (TPSA) is 61.3 Å². The lowest BCUT2D eigenvalue weighted by molar-refractivity contribution is 0.208. The predicted octanol–water partition coefficient (Wildman–Crippen LogP) is 3.46. The molecule has 2 fully saturated rings. The van der Waals surface area contributed by atoms with E-state index in [0.717, 1.165) is 43.5 Å². The molecule has 0 radical (unpaired) electrons. The van der Waals surface area contributed by atoms with Crippen LogP contribution in [-0.2, 0) is 0 Å². The van der Waals surface area contributed by atoms with Crippen LogP contribution in [0.25, 0.3) is 0 Å². The Balaban J connectivity index is 1.56. The number of aliphatic hydroxyl groups is 1. The molecule has 1 saturated heterocycles. The molecule has 1 aromatic rings. The van der Waals surface area contributed by atoms with E-state index in [1.165, 1.54) is 38.5 Å². The van der Waals surface area contributed by atoms with Crippen molar-refractivity contribution < 1.29 is 5.11 Å². The van der Waals surface area contributed by atoms with Gasteiger partial charge in [0.05, 0.1) is 0 Å². The summed E-state index contributed by atoms with van der Waals surface area (Å²) in [5.74, 6) is 3.24. The molecule has 5 heteroatoms. The molecule has 3 rings (SSSR count). The lowest BCUT2D eigenvalue weighted by Crippen LogP contribution is -2.37. The maximum Gasteiger partial charge on any atom is 0.134 e. The summed E-state index contributed by atoms with van der Waals surface area (Å²) in [6, 6.07) is 2.63. The number of hydrogen-bond donors (Lipinski definition) is 2. The van der Waals surface area contributed by atoms with E-state index in [4.69, 9.17) is 0 Å². The van der Waals surface area contributed by atoms with Crippen LogP contribution < -0.4 is 10.2 Å². The van der Waals surface area contributed by atoms with Crippen LogP contribution in [0, 0.1) is 11.8 Å². The summed E-state index contributed by atoms with van der Waals surface area (Å²) >= 11 is 0. The molecule has 2 aliphatic rings. The molecular formula is C19H32N4O. The van der Waals surface area contributed by atoms with Crippen molar-refractivity contribution in [3.8, 4) is 0 Å². The third kappa shape index (κ3) is 4.59. The number of nitrogens with zero attached hydrogens (tertiary/aromatic N) is 3. The Hall–Kier alpha value is -1.36. The molecule has 2 heterocycles. The molecule has 1 saturated carbocycles. The number of aliphatic hydroxyl groups excluding tert-OH is 1. The first kappa shape index (κ1) is 17.5. The highest BCUT2D eigenvalue weighted by molar-refractivity contribution is 5.49. The Morgan fingerprint density at radius 1 is 1.17 bits per heavy atom. The lowest BCUT2D eigenvalue weighted by Gasteiger charge is -2.33. The van der Waals surface area contributed by atoms with E-state index in [9.17, 15) is 5.11 Å². The van der Waals surface area contributed by atoms with E-state index in [0.29, 0.717) is 12.0 Å². The highest BCUT2D eigenvalue weighted by Gasteiger charge is 2.22. The second-order valence-corrected chi connectivity index (χ2v) is 7.55. The van der Waals surface area contributed by atoms with Crippen LogP contribution in [0.1, 0.15) is 58.3 Å². The third-order valence-electron chi connectivity index (χ3n) is 5.65. The van der Waals surface area contributed by atoms with Crippen LogP contribution in [0.15, 0.2) is 12.4 Å². The molecule has 1 atom stereocenters. The smallest absolute Gasteiger partial charge is 0.134 e. The number of hydrogen-bond acceptors (Lipinski definition) is 5. The van der Waals surface area contributed by atoms with Crippen molar-refractivity contribution in [3.05, 3.63) is 12.4 Å². The molecule has 0 bridgehead atoms. The summed E-state index contributed by atoms with van der Waals surface area (Å²) in [5.41, 5.74) is 0. The standard InChI is InChI=1S/C19H32N4O/c1-2-4-15-6-8-17(9-7-15)22-18-11-19(21-14-20-18)23-10-3-5-16(12-23)13-24/h11,14-17,24H,2-10,12-13H2,1H3,(H,20,21,22). The van der Waals surface area contributed by atoms with Gasteiger partial charge in [0.2, 0.25) is 0 Å². The number of piperidine rings is 1. The molecule has 5 nitrogen and oxygen atoms in total. The normalized spacial score (nSPS) is 27.9. The van der Waals surface area contributed by atoms with Gasteiger partial charge in [0.15, 0.2) is 0 Å². The zero-order chi connectivity index (χ0) is 16.8. The van der Waals surface area contributed by atoms with Crippen molar-refractivity contribution in [2.75, 3.05) is 29.9 Å². The van der Waals surface area contributed by atoms with Gasteiger partial charge < -0.3 is 15.3 Å². The molecular weight excluding hydrogens is 300 g/mol. The van der Waals surface area contributed by atoms with E-state index in [2.05, 4.69) is 33.2 Å². The summed E-state index contributed by atoms with van der Waals surface area (Å²) in [5, 5.41) is 13.0. The summed E-state index contributed by atoms with van der Waals surface area (Å²) in [4.78, 5) is 11.2. The molecule has 24 heavy (non-hydrogen) atoms. The Kier molecular flexibility index (Phi) is 6.30. The highest BCUT2D eigenvalue weighted by Crippen LogP contribution is 2.30. The molecule has 0 amide bonds. The minimum atomic E-state index is 0.272. The monoisotopic (exact) mass is 332 g/mol. The fourth-order valence-corrected chi connectivity index (χ4v) is 4.23. The van der Waals surface area contributed by atoms with Crippen molar-refractivity contribution in [2.45, 2.75) is 64.3 Å². The highest BCUT2D eigenvalue weighted by atomic mass is 16.3. The zero-order valence-electron chi connectivity index (χ0n) is 15.0. The Morgan fingerprint density at radius 3 is 2.75 bits per heavy atom. The van der Waals surface area contributed by atoms with Crippen LogP contribution in [0.4, 0.5) is 11.6 Å². The molecule has 1 aromatic heterocycles. The second kappa shape index (κ2) is 8.65. The van der Waals surface area contributed by atoms with Gasteiger partial charge in [-0.1, -0.05) is 19.8 Å². The average molecular weight is 332 g/mol. The van der Waals surface area contributed by atoms with E-state index in [-0.39, 0.29) is 6.61 Å². The minimum Gasteiger partial charge on any atom is -0.396 e. The van der Waals surface area contributed by atoms with Gasteiger partial charge >= 0.3 is 0 Å². The summed E-state index contributed by atoms with van der Waals surface area (Å²) in [6.07, 6.45) is 11.8. The largest absolute Gasteiger partial charge is 0.396 e. The first-order chi connectivity index (χ1) is 11.8. The summed E-state index contributed by atoms with van der Waals surface area (Å²) in [6.45, 7) is 4.48. The van der Waals surface area contributed by atoms with Gasteiger partial charge in [-0.3, -0.25) is 0 Å². The van der Waals surface area contributed by atoms with Gasteiger partial charge in [-0.2, -0.15) is 0 Å². The fourth-order valence-electron chi connectivity index (χ4n) is 4.23. The predicted molar refractivity (Wildman–Crippen MR) is 98.3 cm³/mol. The Bertz CT molecular complexity index is 502. The van der Waals surface area contributed by atoms with Gasteiger partial charge in [0, 0.05) is 31.8 Å². The first-order valence-electron chi connectivity index (χ1n) is 9.73.